The third-order valence-corrected chi connectivity index (χ3v) is 2.37. The Morgan fingerprint density at radius 2 is 2.19 bits per heavy atom. The van der Waals surface area contributed by atoms with Gasteiger partial charge in [-0.3, -0.25) is 4.79 Å². The highest BCUT2D eigenvalue weighted by Crippen LogP contribution is 2.17. The van der Waals surface area contributed by atoms with Gasteiger partial charge in [0.2, 0.25) is 5.91 Å². The van der Waals surface area contributed by atoms with Gasteiger partial charge in [-0.05, 0) is 12.8 Å². The van der Waals surface area contributed by atoms with Crippen LogP contribution >= 0.6 is 0 Å². The average Bonchev–Trinajstić information content (AvgIpc) is 3.04. The zero-order valence-electron chi connectivity index (χ0n) is 9.36. The zero-order chi connectivity index (χ0) is 12.0. The van der Waals surface area contributed by atoms with Gasteiger partial charge in [-0.2, -0.15) is 0 Å². The molecule has 0 saturated heterocycles. The molecule has 0 aromatic rings. The van der Waals surface area contributed by atoms with Crippen LogP contribution in [0.4, 0.5) is 0 Å². The molecule has 1 aliphatic rings. The number of carbonyl (C=O) groups excluding carboxylic acids is 1. The number of hydrogen-bond donors (Lipinski definition) is 3. The van der Waals surface area contributed by atoms with Crippen molar-refractivity contribution in [3.05, 3.63) is 0 Å². The third-order valence-electron chi connectivity index (χ3n) is 2.37. The normalized spacial score (nSPS) is 16.8. The second-order valence-corrected chi connectivity index (χ2v) is 3.89. The molecule has 3 N–H and O–H groups in total. The van der Waals surface area contributed by atoms with Crippen LogP contribution in [0.2, 0.25) is 0 Å². The minimum atomic E-state index is -1.03. The fourth-order valence-electron chi connectivity index (χ4n) is 1.26. The summed E-state index contributed by atoms with van der Waals surface area (Å²) in [5.41, 5.74) is 0. The first-order valence-corrected chi connectivity index (χ1v) is 5.38. The Bertz CT molecular complexity index is 253. The number of aliphatic carboxylic acids is 1. The quantitative estimate of drug-likeness (QED) is 0.515. The van der Waals surface area contributed by atoms with Crippen molar-refractivity contribution >= 4 is 11.9 Å². The van der Waals surface area contributed by atoms with Crippen LogP contribution in [0.3, 0.4) is 0 Å². The summed E-state index contributed by atoms with van der Waals surface area (Å²) in [6.45, 7) is 0.495. The molecule has 16 heavy (non-hydrogen) atoms. The smallest absolute Gasteiger partial charge is 0.326 e. The Balaban J connectivity index is 2.22. The molecule has 0 aliphatic heterocycles. The van der Waals surface area contributed by atoms with E-state index < -0.39 is 12.0 Å². The van der Waals surface area contributed by atoms with E-state index in [1.165, 1.54) is 7.11 Å². The molecule has 0 heterocycles. The molecule has 6 nitrogen and oxygen atoms in total. The molecule has 1 saturated carbocycles. The predicted octanol–water partition coefficient (Wildman–Crippen LogP) is -0.656. The molecule has 1 amide bonds. The van der Waals surface area contributed by atoms with Gasteiger partial charge in [0.05, 0.1) is 6.54 Å². The largest absolute Gasteiger partial charge is 0.480 e. The average molecular weight is 230 g/mol. The Morgan fingerprint density at radius 3 is 2.69 bits per heavy atom. The van der Waals surface area contributed by atoms with Gasteiger partial charge >= 0.3 is 5.97 Å². The summed E-state index contributed by atoms with van der Waals surface area (Å²) in [5.74, 6) is -1.31. The van der Waals surface area contributed by atoms with Crippen LogP contribution < -0.4 is 10.6 Å². The van der Waals surface area contributed by atoms with Crippen molar-refractivity contribution in [2.45, 2.75) is 31.3 Å². The number of hydrogen-bond acceptors (Lipinski definition) is 4. The van der Waals surface area contributed by atoms with E-state index in [1.54, 1.807) is 0 Å². The number of carboxylic acid groups (broad SMARTS) is 1. The van der Waals surface area contributed by atoms with Crippen LogP contribution in [0.25, 0.3) is 0 Å². The van der Waals surface area contributed by atoms with Gasteiger partial charge in [0.15, 0.2) is 0 Å². The molecule has 0 aromatic heterocycles. The fraction of sp³-hybridized carbons (Fsp3) is 0.800. The number of methoxy groups -OCH3 is 1. The van der Waals surface area contributed by atoms with Crippen LogP contribution in [0, 0.1) is 0 Å². The molecule has 1 unspecified atom stereocenters. The Morgan fingerprint density at radius 1 is 1.50 bits per heavy atom. The van der Waals surface area contributed by atoms with E-state index in [4.69, 9.17) is 9.84 Å². The van der Waals surface area contributed by atoms with Crippen LogP contribution in [-0.4, -0.2) is 49.3 Å². The van der Waals surface area contributed by atoms with Crippen LogP contribution in [-0.2, 0) is 14.3 Å². The lowest BCUT2D eigenvalue weighted by molar-refractivity contribution is -0.142. The van der Waals surface area contributed by atoms with Crippen molar-refractivity contribution in [2.24, 2.45) is 0 Å². The molecule has 1 aliphatic carbocycles. The fourth-order valence-corrected chi connectivity index (χ4v) is 1.26. The minimum Gasteiger partial charge on any atom is -0.480 e. The third kappa shape index (κ3) is 5.09. The molecule has 0 bridgehead atoms. The van der Waals surface area contributed by atoms with Crippen LogP contribution in [0.1, 0.15) is 19.3 Å². The van der Waals surface area contributed by atoms with Crippen molar-refractivity contribution in [2.75, 3.05) is 20.3 Å². The van der Waals surface area contributed by atoms with Gasteiger partial charge in [0.1, 0.15) is 6.04 Å². The van der Waals surface area contributed by atoms with Gasteiger partial charge in [-0.15, -0.1) is 0 Å². The second-order valence-electron chi connectivity index (χ2n) is 3.89. The van der Waals surface area contributed by atoms with Crippen molar-refractivity contribution < 1.29 is 19.4 Å². The maximum absolute atomic E-state index is 11.4. The maximum atomic E-state index is 11.4. The first-order chi connectivity index (χ1) is 7.63. The van der Waals surface area contributed by atoms with Crippen molar-refractivity contribution in [3.8, 4) is 0 Å². The molecule has 1 atom stereocenters. The molecular weight excluding hydrogens is 212 g/mol. The number of amides is 1. The molecular formula is C10H18N2O4. The molecule has 1 fully saturated rings. The Labute approximate surface area is 94.3 Å². The summed E-state index contributed by atoms with van der Waals surface area (Å²) in [5, 5.41) is 14.3. The SMILES string of the molecule is COCCC(NC(=O)CNC1CC1)C(=O)O. The van der Waals surface area contributed by atoms with E-state index in [2.05, 4.69) is 10.6 Å². The Kier molecular flexibility index (Phi) is 5.21. The van der Waals surface area contributed by atoms with E-state index in [-0.39, 0.29) is 18.9 Å². The summed E-state index contributed by atoms with van der Waals surface area (Å²) in [6, 6.07) is -0.429. The van der Waals surface area contributed by atoms with E-state index in [1.807, 2.05) is 0 Å². The van der Waals surface area contributed by atoms with E-state index in [0.717, 1.165) is 12.8 Å². The van der Waals surface area contributed by atoms with E-state index >= 15 is 0 Å². The minimum absolute atomic E-state index is 0.182. The topological polar surface area (TPSA) is 87.7 Å². The number of nitrogens with one attached hydrogen (secondary N) is 2. The lowest BCUT2D eigenvalue weighted by Gasteiger charge is -2.14. The number of rotatable bonds is 8. The van der Waals surface area contributed by atoms with Crippen molar-refractivity contribution in [1.82, 2.24) is 10.6 Å². The maximum Gasteiger partial charge on any atom is 0.326 e. The molecule has 0 aromatic carbocycles. The summed E-state index contributed by atoms with van der Waals surface area (Å²) in [4.78, 5) is 22.2. The Hall–Kier alpha value is -1.14. The molecule has 6 heteroatoms. The number of ether oxygens (including phenoxy) is 1. The molecule has 0 radical (unpaired) electrons. The van der Waals surface area contributed by atoms with Crippen molar-refractivity contribution in [3.63, 3.8) is 0 Å². The summed E-state index contributed by atoms with van der Waals surface area (Å²) in [7, 11) is 1.50. The van der Waals surface area contributed by atoms with Gasteiger partial charge in [-0.1, -0.05) is 0 Å². The molecule has 92 valence electrons. The lowest BCUT2D eigenvalue weighted by atomic mass is 10.2. The van der Waals surface area contributed by atoms with Crippen LogP contribution in [0.15, 0.2) is 0 Å². The first-order valence-electron chi connectivity index (χ1n) is 5.38. The van der Waals surface area contributed by atoms with E-state index in [9.17, 15) is 9.59 Å². The first kappa shape index (κ1) is 12.9. The van der Waals surface area contributed by atoms with Crippen molar-refractivity contribution in [1.29, 1.82) is 0 Å². The highest BCUT2D eigenvalue weighted by molar-refractivity contribution is 5.84. The number of carboxylic acids is 1. The number of carbonyl (C=O) groups is 2. The van der Waals surface area contributed by atoms with Gasteiger partial charge in [0.25, 0.3) is 0 Å². The summed E-state index contributed by atoms with van der Waals surface area (Å²) < 4.78 is 4.78. The lowest BCUT2D eigenvalue weighted by Crippen LogP contribution is -2.45. The van der Waals surface area contributed by atoms with Gasteiger partial charge < -0.3 is 20.5 Å². The molecule has 1 rings (SSSR count). The predicted molar refractivity (Wildman–Crippen MR) is 57.1 cm³/mol. The standard InChI is InChI=1S/C10H18N2O4/c1-16-5-4-8(10(14)15)12-9(13)6-11-7-2-3-7/h7-8,11H,2-6H2,1H3,(H,12,13)(H,14,15). The highest BCUT2D eigenvalue weighted by Gasteiger charge is 2.23. The summed E-state index contributed by atoms with van der Waals surface area (Å²) in [6.07, 6.45) is 2.47. The van der Waals surface area contributed by atoms with Crippen LogP contribution in [0.5, 0.6) is 0 Å². The monoisotopic (exact) mass is 230 g/mol. The van der Waals surface area contributed by atoms with Gasteiger partial charge in [-0.25, -0.2) is 4.79 Å². The zero-order valence-corrected chi connectivity index (χ0v) is 9.36. The second kappa shape index (κ2) is 6.44. The highest BCUT2D eigenvalue weighted by atomic mass is 16.5. The summed E-state index contributed by atoms with van der Waals surface area (Å²) >= 11 is 0. The van der Waals surface area contributed by atoms with Gasteiger partial charge in [0, 0.05) is 26.2 Å². The molecule has 0 spiro atoms. The van der Waals surface area contributed by atoms with E-state index in [0.29, 0.717) is 12.6 Å².